The van der Waals surface area contributed by atoms with Crippen molar-refractivity contribution >= 4 is 82.5 Å². The number of fused-ring (bicyclic) bond motifs is 1. The number of halogens is 1. The van der Waals surface area contributed by atoms with Crippen LogP contribution in [0.4, 0.5) is 0 Å². The number of benzene rings is 2. The summed E-state index contributed by atoms with van der Waals surface area (Å²) in [5.74, 6) is -9.63. The van der Waals surface area contributed by atoms with Crippen molar-refractivity contribution in [2.75, 3.05) is 75.1 Å². The lowest BCUT2D eigenvalue weighted by molar-refractivity contribution is -0.152. The zero-order chi connectivity index (χ0) is 75.0. The van der Waals surface area contributed by atoms with Gasteiger partial charge in [-0.1, -0.05) is 116 Å². The SMILES string of the molecule is CC[C@]1(C)NC(=O)[C@H](C(C)C)N(C)C(=O)[C@H](C(C)C)NC(=O)[C@H](Cc2cccc(Cl)c2)N(C)C(=O)[C@H]2CCCN2C(=O)C[C@@H](C(=O)N2CCCCC2)NC(=O)[C@H](CC(C)C)N(C)C(=O)[C@H](Cc2ccccc2)N(C)C(=O)[C@H](COC(C)(C)C)NC(=O)[C@H](CC(C)C)N(C)C(=O)CN(C)C1=O. The first-order chi connectivity index (χ1) is 46.7. The zero-order valence-electron chi connectivity index (χ0n) is 62.8. The van der Waals surface area contributed by atoms with Gasteiger partial charge in [0, 0.05) is 79.8 Å². The number of likely N-dealkylation sites (tertiary alicyclic amines) is 1. The van der Waals surface area contributed by atoms with E-state index in [1.165, 1.54) is 78.6 Å². The normalized spacial score (nSPS) is 26.2. The second-order valence-electron chi connectivity index (χ2n) is 30.3. The smallest absolute Gasteiger partial charge is 0.248 e. The standard InChI is InChI=1S/C74H115ClN12O13/c1-20-74(13)72(99)80(14)43-60(89)81(15)55(37-45(2)3)63(90)77-53(44-100-73(10,11)12)67(94)84(18)58(40-49-29-23-21-24-30-49)70(97)82(16)56(38-46(4)5)64(91)76-52(68(95)86-34-25-22-26-35-86)42-59(88)87-36-28-33-54(87)69(96)83(17)57(41-50-31-27-32-51(75)39-50)65(92)78-61(47(6)7)71(98)85(19)62(48(8)9)66(93)79-74/h21,23-24,27,29-32,39,45-48,52-58,61-62H,20,22,25-26,28,33-38,40-44H2,1-19H3,(H,76,91)(H,77,90)(H,78,92)(H,79,93)/t52-,53-,54+,55-,56-,57-,58-,61-,62-,74-/m0/s1. The topological polar surface area (TPSA) is 288 Å². The van der Waals surface area contributed by atoms with Gasteiger partial charge in [-0.15, -0.1) is 0 Å². The summed E-state index contributed by atoms with van der Waals surface area (Å²) in [6, 6.07) is 4.00. The Kier molecular flexibility index (Phi) is 30.5. The first kappa shape index (κ1) is 83.0. The summed E-state index contributed by atoms with van der Waals surface area (Å²) in [5, 5.41) is 11.9. The van der Waals surface area contributed by atoms with Gasteiger partial charge < -0.3 is 65.2 Å². The monoisotopic (exact) mass is 1410 g/mol. The van der Waals surface area contributed by atoms with E-state index in [2.05, 4.69) is 21.3 Å². The predicted octanol–water partition coefficient (Wildman–Crippen LogP) is 5.08. The van der Waals surface area contributed by atoms with Crippen LogP contribution in [0.2, 0.25) is 5.02 Å². The van der Waals surface area contributed by atoms with Crippen molar-refractivity contribution in [1.29, 1.82) is 0 Å². The molecule has 10 atom stereocenters. The van der Waals surface area contributed by atoms with Crippen molar-refractivity contribution in [3.8, 4) is 0 Å². The lowest BCUT2D eigenvalue weighted by atomic mass is 9.93. The molecule has 0 unspecified atom stereocenters. The molecule has 25 nitrogen and oxygen atoms in total. The molecule has 3 aliphatic heterocycles. The number of carbonyl (C=O) groups is 12. The first-order valence-electron chi connectivity index (χ1n) is 35.5. The van der Waals surface area contributed by atoms with Crippen LogP contribution in [-0.2, 0) is 75.1 Å². The highest BCUT2D eigenvalue weighted by Crippen LogP contribution is 2.27. The summed E-state index contributed by atoms with van der Waals surface area (Å²) < 4.78 is 6.22. The summed E-state index contributed by atoms with van der Waals surface area (Å²) in [5.41, 5.74) is -1.28. The molecular weight excluding hydrogens is 1300 g/mol. The zero-order valence-corrected chi connectivity index (χ0v) is 63.5. The molecule has 0 bridgehead atoms. The average molecular weight is 1420 g/mol. The molecule has 100 heavy (non-hydrogen) atoms. The van der Waals surface area contributed by atoms with E-state index >= 15 is 33.6 Å². The van der Waals surface area contributed by atoms with Crippen LogP contribution in [0.3, 0.4) is 0 Å². The van der Waals surface area contributed by atoms with Crippen molar-refractivity contribution < 1.29 is 62.3 Å². The lowest BCUT2D eigenvalue weighted by Crippen LogP contribution is -2.64. The minimum Gasteiger partial charge on any atom is -0.373 e. The third-order valence-electron chi connectivity index (χ3n) is 19.5. The lowest BCUT2D eigenvalue weighted by Gasteiger charge is -2.39. The molecule has 556 valence electrons. The van der Waals surface area contributed by atoms with Gasteiger partial charge in [0.2, 0.25) is 70.9 Å². The minimum absolute atomic E-state index is 0.0336. The molecule has 0 saturated carbocycles. The highest BCUT2D eigenvalue weighted by molar-refractivity contribution is 6.30. The maximum Gasteiger partial charge on any atom is 0.248 e. The molecule has 3 saturated heterocycles. The van der Waals surface area contributed by atoms with Crippen LogP contribution >= 0.6 is 11.6 Å². The van der Waals surface area contributed by atoms with E-state index < -0.39 is 161 Å². The van der Waals surface area contributed by atoms with E-state index in [1.54, 1.807) is 115 Å². The second kappa shape index (κ2) is 36.8. The molecule has 12 amide bonds. The van der Waals surface area contributed by atoms with Crippen LogP contribution in [0.15, 0.2) is 54.6 Å². The van der Waals surface area contributed by atoms with Crippen molar-refractivity contribution in [2.24, 2.45) is 23.7 Å². The van der Waals surface area contributed by atoms with Crippen LogP contribution in [0.25, 0.3) is 0 Å². The van der Waals surface area contributed by atoms with Crippen LogP contribution < -0.4 is 21.3 Å². The van der Waals surface area contributed by atoms with E-state index in [9.17, 15) is 24.0 Å². The Morgan fingerprint density at radius 3 is 1.70 bits per heavy atom. The van der Waals surface area contributed by atoms with E-state index in [0.29, 0.717) is 48.5 Å². The summed E-state index contributed by atoms with van der Waals surface area (Å²) >= 11 is 6.49. The number of carbonyl (C=O) groups excluding carboxylic acids is 12. The highest BCUT2D eigenvalue weighted by atomic mass is 35.5. The highest BCUT2D eigenvalue weighted by Gasteiger charge is 2.46. The number of nitrogens with one attached hydrogen (secondary N) is 4. The van der Waals surface area contributed by atoms with E-state index in [-0.39, 0.29) is 63.5 Å². The number of rotatable bonds is 14. The quantitative estimate of drug-likeness (QED) is 0.192. The molecule has 0 aliphatic carbocycles. The third-order valence-corrected chi connectivity index (χ3v) is 19.7. The summed E-state index contributed by atoms with van der Waals surface area (Å²) in [6.07, 6.45) is 2.28. The fourth-order valence-electron chi connectivity index (χ4n) is 13.3. The van der Waals surface area contributed by atoms with Gasteiger partial charge in [-0.3, -0.25) is 57.5 Å². The van der Waals surface area contributed by atoms with Crippen LogP contribution in [0, 0.1) is 23.7 Å². The van der Waals surface area contributed by atoms with Gasteiger partial charge in [-0.25, -0.2) is 0 Å². The number of likely N-dealkylation sites (N-methyl/N-ethyl adjacent to an activating group) is 6. The Balaban J connectivity index is 1.70. The predicted molar refractivity (Wildman–Crippen MR) is 382 cm³/mol. The van der Waals surface area contributed by atoms with Crippen molar-refractivity contribution in [1.82, 2.24) is 60.5 Å². The molecule has 0 radical (unpaired) electrons. The van der Waals surface area contributed by atoms with E-state index in [0.717, 1.165) is 11.3 Å². The fourth-order valence-corrected chi connectivity index (χ4v) is 13.5. The maximum absolute atomic E-state index is 15.6. The number of hydrogen-bond acceptors (Lipinski definition) is 13. The Morgan fingerprint density at radius 1 is 0.590 bits per heavy atom. The molecule has 3 aliphatic rings. The van der Waals surface area contributed by atoms with Gasteiger partial charge in [0.15, 0.2) is 0 Å². The average Bonchev–Trinajstić information content (AvgIpc) is 1.22. The van der Waals surface area contributed by atoms with Crippen molar-refractivity contribution in [3.05, 3.63) is 70.7 Å². The number of hydrogen-bond donors (Lipinski definition) is 4. The molecule has 0 spiro atoms. The van der Waals surface area contributed by atoms with Crippen molar-refractivity contribution in [3.63, 3.8) is 0 Å². The molecule has 26 heteroatoms. The number of ether oxygens (including phenoxy) is 1. The molecule has 0 aromatic heterocycles. The summed E-state index contributed by atoms with van der Waals surface area (Å²) in [6.45, 7) is 22.7. The number of piperidine rings is 1. The van der Waals surface area contributed by atoms with Gasteiger partial charge in [0.25, 0.3) is 0 Å². The first-order valence-corrected chi connectivity index (χ1v) is 35.9. The van der Waals surface area contributed by atoms with E-state index in [4.69, 9.17) is 16.3 Å². The van der Waals surface area contributed by atoms with Gasteiger partial charge in [0.1, 0.15) is 59.9 Å². The van der Waals surface area contributed by atoms with Crippen molar-refractivity contribution in [2.45, 2.75) is 226 Å². The van der Waals surface area contributed by atoms with Gasteiger partial charge in [0.05, 0.1) is 25.2 Å². The summed E-state index contributed by atoms with van der Waals surface area (Å²) in [4.78, 5) is 191. The van der Waals surface area contributed by atoms with Crippen LogP contribution in [0.1, 0.15) is 159 Å². The fraction of sp³-hybridized carbons (Fsp3) is 0.676. The molecule has 2 aromatic rings. The Morgan fingerprint density at radius 2 is 1.14 bits per heavy atom. The van der Waals surface area contributed by atoms with Gasteiger partial charge in [-0.05, 0) is 126 Å². The molecule has 3 heterocycles. The maximum atomic E-state index is 15.6. The molecule has 2 aromatic carbocycles. The Bertz CT molecular complexity index is 3210. The number of amides is 12. The van der Waals surface area contributed by atoms with Gasteiger partial charge in [-0.2, -0.15) is 0 Å². The molecular formula is C74H115ClN12O13. The minimum atomic E-state index is -1.65. The van der Waals surface area contributed by atoms with Crippen LogP contribution in [0.5, 0.6) is 0 Å². The van der Waals surface area contributed by atoms with Crippen LogP contribution in [-0.4, -0.2) is 251 Å². The molecule has 3 fully saturated rings. The molecule has 5 rings (SSSR count). The Hall–Kier alpha value is -7.67. The van der Waals surface area contributed by atoms with Gasteiger partial charge >= 0.3 is 0 Å². The van der Waals surface area contributed by atoms with E-state index in [1.807, 2.05) is 27.7 Å². The summed E-state index contributed by atoms with van der Waals surface area (Å²) in [7, 11) is 8.55. The molecule has 4 N–H and O–H groups in total. The third kappa shape index (κ3) is 22.2. The largest absolute Gasteiger partial charge is 0.373 e. The second-order valence-corrected chi connectivity index (χ2v) is 30.7. The Labute approximate surface area is 598 Å². The number of nitrogens with zero attached hydrogens (tertiary/aromatic N) is 8.